The van der Waals surface area contributed by atoms with Crippen molar-refractivity contribution in [3.63, 3.8) is 0 Å². The lowest BCUT2D eigenvalue weighted by Gasteiger charge is -2.44. The predicted molar refractivity (Wildman–Crippen MR) is 183 cm³/mol. The molecule has 0 spiro atoms. The van der Waals surface area contributed by atoms with Crippen molar-refractivity contribution in [3.8, 4) is 0 Å². The highest BCUT2D eigenvalue weighted by Gasteiger charge is 2.39. The predicted octanol–water partition coefficient (Wildman–Crippen LogP) is 2.28. The highest BCUT2D eigenvalue weighted by molar-refractivity contribution is 5.77. The Morgan fingerprint density at radius 1 is 0.674 bits per heavy atom. The van der Waals surface area contributed by atoms with Crippen LogP contribution in [-0.4, -0.2) is 87.5 Å². The number of hydrogen-bond acceptors (Lipinski definition) is 4. The summed E-state index contributed by atoms with van der Waals surface area (Å²) in [4.78, 5) is 24.8. The highest BCUT2D eigenvalue weighted by Crippen LogP contribution is 2.47. The summed E-state index contributed by atoms with van der Waals surface area (Å²) in [6.07, 6.45) is 13.2. The van der Waals surface area contributed by atoms with Crippen LogP contribution in [0.2, 0.25) is 0 Å². The van der Waals surface area contributed by atoms with Crippen LogP contribution in [0.15, 0.2) is 0 Å². The number of carbonyl (C=O) groups is 2. The molecule has 6 atom stereocenters. The second-order valence-corrected chi connectivity index (χ2v) is 17.7. The van der Waals surface area contributed by atoms with E-state index in [-0.39, 0.29) is 58.7 Å². The van der Waals surface area contributed by atoms with E-state index in [0.29, 0.717) is 36.1 Å². The topological polar surface area (TPSA) is 52.6 Å². The molecule has 0 aromatic carbocycles. The van der Waals surface area contributed by atoms with Crippen LogP contribution in [0.1, 0.15) is 132 Å². The molecule has 2 rings (SSSR count). The van der Waals surface area contributed by atoms with Crippen molar-refractivity contribution in [1.82, 2.24) is 0 Å². The molecule has 8 heteroatoms. The fraction of sp³-hybridized carbons (Fsp3) is 0.947. The minimum absolute atomic E-state index is 0. The fourth-order valence-corrected chi connectivity index (χ4v) is 8.54. The van der Waals surface area contributed by atoms with Crippen LogP contribution in [0.3, 0.4) is 0 Å². The molecule has 0 aliphatic heterocycles. The molecule has 2 saturated carbocycles. The van der Waals surface area contributed by atoms with Gasteiger partial charge >= 0.3 is 11.9 Å². The Morgan fingerprint density at radius 3 is 1.30 bits per heavy atom. The van der Waals surface area contributed by atoms with Gasteiger partial charge < -0.3 is 52.4 Å². The number of ether oxygens (including phenoxy) is 2. The lowest BCUT2D eigenvalue weighted by Crippen LogP contribution is -3.00. The molecule has 0 bridgehead atoms. The monoisotopic (exact) mass is 780 g/mol. The van der Waals surface area contributed by atoms with Gasteiger partial charge in [0.25, 0.3) is 0 Å². The molecule has 6 nitrogen and oxygen atoms in total. The van der Waals surface area contributed by atoms with E-state index in [4.69, 9.17) is 9.47 Å². The first-order chi connectivity index (χ1) is 20.3. The summed E-state index contributed by atoms with van der Waals surface area (Å²) in [6.45, 7) is 21.7. The van der Waals surface area contributed by atoms with E-state index in [9.17, 15) is 9.59 Å². The van der Waals surface area contributed by atoms with Crippen molar-refractivity contribution in [1.29, 1.82) is 0 Å². The first-order valence-electron chi connectivity index (χ1n) is 18.2. The highest BCUT2D eigenvalue weighted by atomic mass is 79.9. The average molecular weight is 783 g/mol. The molecule has 274 valence electrons. The number of nitrogens with zero attached hydrogens (tertiary/aromatic N) is 2. The Morgan fingerprint density at radius 2 is 1.00 bits per heavy atom. The summed E-state index contributed by atoms with van der Waals surface area (Å²) in [5.74, 6) is 2.56. The number of quaternary nitrogens is 2. The molecule has 46 heavy (non-hydrogen) atoms. The molecule has 2 fully saturated rings. The van der Waals surface area contributed by atoms with Crippen molar-refractivity contribution in [2.45, 2.75) is 145 Å². The van der Waals surface area contributed by atoms with Gasteiger partial charge in [0.15, 0.2) is 0 Å². The maximum atomic E-state index is 12.4. The molecule has 6 unspecified atom stereocenters. The van der Waals surface area contributed by atoms with Crippen LogP contribution in [-0.2, 0) is 19.1 Å². The minimum Gasteiger partial charge on any atom is -1.00 e. The second-order valence-electron chi connectivity index (χ2n) is 17.7. The van der Waals surface area contributed by atoms with Gasteiger partial charge in [-0.3, -0.25) is 9.59 Å². The van der Waals surface area contributed by atoms with Crippen molar-refractivity contribution >= 4 is 11.9 Å². The van der Waals surface area contributed by atoms with Gasteiger partial charge in [-0.25, -0.2) is 0 Å². The zero-order valence-electron chi connectivity index (χ0n) is 32.1. The summed E-state index contributed by atoms with van der Waals surface area (Å²) < 4.78 is 12.8. The van der Waals surface area contributed by atoms with Gasteiger partial charge in [0, 0.05) is 0 Å². The third-order valence-corrected chi connectivity index (χ3v) is 12.9. The molecule has 0 heterocycles. The Balaban J connectivity index is 0.0000101. The van der Waals surface area contributed by atoms with E-state index in [1.165, 1.54) is 64.2 Å². The van der Waals surface area contributed by atoms with Crippen LogP contribution < -0.4 is 34.0 Å². The lowest BCUT2D eigenvalue weighted by atomic mass is 9.62. The molecule has 0 aromatic heterocycles. The Bertz CT molecular complexity index is 835. The van der Waals surface area contributed by atoms with Gasteiger partial charge in [-0.1, -0.05) is 67.2 Å². The molecule has 2 aliphatic carbocycles. The first kappa shape index (κ1) is 45.8. The summed E-state index contributed by atoms with van der Waals surface area (Å²) >= 11 is 0. The van der Waals surface area contributed by atoms with Crippen molar-refractivity contribution in [2.75, 3.05) is 54.5 Å². The van der Waals surface area contributed by atoms with Gasteiger partial charge in [-0.2, -0.15) is 0 Å². The molecule has 2 aliphatic rings. The average Bonchev–Trinajstić information content (AvgIpc) is 2.90. The van der Waals surface area contributed by atoms with E-state index < -0.39 is 0 Å². The second kappa shape index (κ2) is 19.9. The van der Waals surface area contributed by atoms with Crippen LogP contribution >= 0.6 is 0 Å². The van der Waals surface area contributed by atoms with Crippen molar-refractivity contribution in [3.05, 3.63) is 0 Å². The zero-order chi connectivity index (χ0) is 33.3. The van der Waals surface area contributed by atoms with Crippen molar-refractivity contribution in [2.24, 2.45) is 34.5 Å². The Kier molecular flexibility index (Phi) is 19.8. The number of hydrogen-bond donors (Lipinski definition) is 0. The molecule has 0 aromatic rings. The summed E-state index contributed by atoms with van der Waals surface area (Å²) in [7, 11) is 8.96. The normalized spacial score (nSPS) is 25.7. The van der Waals surface area contributed by atoms with E-state index in [0.717, 1.165) is 45.7 Å². The van der Waals surface area contributed by atoms with E-state index in [1.807, 2.05) is 0 Å². The Labute approximate surface area is 306 Å². The quantitative estimate of drug-likeness (QED) is 0.168. The third-order valence-electron chi connectivity index (χ3n) is 12.9. The molecular weight excluding hydrogens is 708 g/mol. The molecular formula is C38H74Br2N2O4. The molecule has 0 saturated heterocycles. The smallest absolute Gasteiger partial charge is 0.306 e. The number of halogens is 2. The Hall–Kier alpha value is -0.180. The number of esters is 2. The minimum atomic E-state index is -0.308. The number of rotatable bonds is 17. The molecule has 0 N–H and O–H groups in total. The lowest BCUT2D eigenvalue weighted by molar-refractivity contribution is -0.913. The van der Waals surface area contributed by atoms with Crippen LogP contribution in [0.4, 0.5) is 0 Å². The largest absolute Gasteiger partial charge is 1.00 e. The van der Waals surface area contributed by atoms with Gasteiger partial charge in [0.05, 0.1) is 53.1 Å². The van der Waals surface area contributed by atoms with Gasteiger partial charge in [-0.05, 0) is 86.9 Å². The maximum absolute atomic E-state index is 12.4. The van der Waals surface area contributed by atoms with Crippen LogP contribution in [0.25, 0.3) is 0 Å². The summed E-state index contributed by atoms with van der Waals surface area (Å²) in [6, 6.07) is 1.00. The molecule has 0 amide bonds. The van der Waals surface area contributed by atoms with Crippen LogP contribution in [0, 0.1) is 34.5 Å². The van der Waals surface area contributed by atoms with Gasteiger partial charge in [0.2, 0.25) is 0 Å². The van der Waals surface area contributed by atoms with Gasteiger partial charge in [0.1, 0.15) is 26.3 Å². The van der Waals surface area contributed by atoms with Crippen LogP contribution in [0.5, 0.6) is 0 Å². The first-order valence-corrected chi connectivity index (χ1v) is 18.2. The van der Waals surface area contributed by atoms with Crippen molar-refractivity contribution < 1.29 is 62.0 Å². The summed E-state index contributed by atoms with van der Waals surface area (Å²) in [5.41, 5.74) is 0.868. The third kappa shape index (κ3) is 14.4. The van der Waals surface area contributed by atoms with E-state index in [1.54, 1.807) is 0 Å². The van der Waals surface area contributed by atoms with E-state index >= 15 is 0 Å². The van der Waals surface area contributed by atoms with Gasteiger partial charge in [-0.15, -0.1) is 0 Å². The van der Waals surface area contributed by atoms with E-state index in [2.05, 4.69) is 83.6 Å². The standard InChI is InChI=1S/C38H74N2O4.2BrH/c1-29-15-13-23-37(5,6)33(29)19-17-31(3)39(9,10)25-27-43-35(41)21-22-36(42)44-28-26-40(11,12)32(4)18-20-34-30(2)16-14-24-38(34,7)8;;/h29-34H,13-28H2,1-12H3;2*1H/q+2;;/p-2. The zero-order valence-corrected chi connectivity index (χ0v) is 35.2. The SMILES string of the molecule is CC1CCCC(C)(C)C1CCC(C)[N+](C)(C)CCOC(=O)CCC(=O)OCC[N+](C)(C)C(C)CCC1C(C)CCCC1(C)C.[Br-].[Br-]. The maximum Gasteiger partial charge on any atom is 0.306 e. The summed E-state index contributed by atoms with van der Waals surface area (Å²) in [5, 5.41) is 0. The number of carbonyl (C=O) groups excluding carboxylic acids is 2. The number of likely N-dealkylation sites (N-methyl/N-ethyl adjacent to an activating group) is 2. The molecule has 0 radical (unpaired) electrons. The fourth-order valence-electron chi connectivity index (χ4n) is 8.54.